The number of hydrogen-bond acceptors (Lipinski definition) is 3. The third kappa shape index (κ3) is 3.94. The van der Waals surface area contributed by atoms with E-state index in [9.17, 15) is 21.6 Å². The summed E-state index contributed by atoms with van der Waals surface area (Å²) < 4.78 is 61.0. The zero-order chi connectivity index (χ0) is 12.4. The first-order valence-electron chi connectivity index (χ1n) is 3.75. The van der Waals surface area contributed by atoms with Crippen LogP contribution in [0.5, 0.6) is 0 Å². The van der Waals surface area contributed by atoms with E-state index in [-0.39, 0.29) is 16.7 Å². The summed E-state index contributed by atoms with van der Waals surface area (Å²) in [7, 11) is -5.86. The van der Waals surface area contributed by atoms with Crippen molar-refractivity contribution in [1.29, 1.82) is 0 Å². The van der Waals surface area contributed by atoms with Crippen LogP contribution in [0.1, 0.15) is 13.8 Å². The van der Waals surface area contributed by atoms with Crippen LogP contribution in [0.3, 0.4) is 0 Å². The summed E-state index contributed by atoms with van der Waals surface area (Å²) in [5, 5.41) is 0. The molecule has 0 radical (unpaired) electrons. The van der Waals surface area contributed by atoms with Gasteiger partial charge in [0.05, 0.1) is 0 Å². The third-order valence-electron chi connectivity index (χ3n) is 1.63. The highest BCUT2D eigenvalue weighted by molar-refractivity contribution is 7.99. The molecule has 0 aromatic rings. The summed E-state index contributed by atoms with van der Waals surface area (Å²) in [6, 6.07) is 0. The van der Waals surface area contributed by atoms with Crippen LogP contribution < -0.4 is 0 Å². The SMILES string of the molecule is C/C(OS(=O)(=O)C(F)(F)F)=C(\C)[S+](C)C. The van der Waals surface area contributed by atoms with E-state index < -0.39 is 15.6 Å². The minimum atomic E-state index is -5.53. The number of rotatable bonds is 3. The fourth-order valence-electron chi connectivity index (χ4n) is 0.558. The van der Waals surface area contributed by atoms with Crippen LogP contribution in [0.25, 0.3) is 0 Å². The highest BCUT2D eigenvalue weighted by Crippen LogP contribution is 2.27. The van der Waals surface area contributed by atoms with E-state index in [1.165, 1.54) is 13.8 Å². The van der Waals surface area contributed by atoms with Crippen LogP contribution in [-0.2, 0) is 25.2 Å². The van der Waals surface area contributed by atoms with Gasteiger partial charge < -0.3 is 4.18 Å². The summed E-state index contributed by atoms with van der Waals surface area (Å²) in [6.07, 6.45) is 3.50. The Hall–Kier alpha value is -0.370. The van der Waals surface area contributed by atoms with E-state index in [1.807, 2.05) is 0 Å². The Morgan fingerprint density at radius 3 is 1.87 bits per heavy atom. The maximum atomic E-state index is 11.9. The average Bonchev–Trinajstić information content (AvgIpc) is 1.99. The summed E-state index contributed by atoms with van der Waals surface area (Å²) in [6.45, 7) is 2.73. The molecule has 0 spiro atoms. The molecule has 0 saturated heterocycles. The molecule has 0 aliphatic carbocycles. The van der Waals surface area contributed by atoms with Gasteiger partial charge in [0, 0.05) is 17.8 Å². The van der Waals surface area contributed by atoms with Crippen LogP contribution in [0.4, 0.5) is 13.2 Å². The first-order chi connectivity index (χ1) is 6.49. The molecule has 0 saturated carbocycles. The number of allylic oxidation sites excluding steroid dienone is 2. The van der Waals surface area contributed by atoms with E-state index in [2.05, 4.69) is 4.18 Å². The Morgan fingerprint density at radius 2 is 1.60 bits per heavy atom. The van der Waals surface area contributed by atoms with Crippen molar-refractivity contribution in [2.45, 2.75) is 19.4 Å². The van der Waals surface area contributed by atoms with Crippen molar-refractivity contribution in [3.63, 3.8) is 0 Å². The Balaban J connectivity index is 5.01. The number of halogens is 3. The van der Waals surface area contributed by atoms with E-state index in [4.69, 9.17) is 0 Å². The van der Waals surface area contributed by atoms with E-state index in [0.29, 0.717) is 4.91 Å². The molecule has 0 atom stereocenters. The molecular weight excluding hydrogens is 253 g/mol. The molecule has 0 unspecified atom stereocenters. The van der Waals surface area contributed by atoms with E-state index in [0.717, 1.165) is 0 Å². The lowest BCUT2D eigenvalue weighted by molar-refractivity contribution is -0.0521. The van der Waals surface area contributed by atoms with Crippen molar-refractivity contribution in [1.82, 2.24) is 0 Å². The van der Waals surface area contributed by atoms with Gasteiger partial charge in [-0.05, 0) is 6.92 Å². The van der Waals surface area contributed by atoms with Gasteiger partial charge in [-0.15, -0.1) is 0 Å². The van der Waals surface area contributed by atoms with Gasteiger partial charge in [0.25, 0.3) is 0 Å². The first-order valence-corrected chi connectivity index (χ1v) is 7.20. The Kier molecular flexibility index (Phi) is 4.53. The molecule has 8 heteroatoms. The number of alkyl halides is 3. The minimum absolute atomic E-state index is 0.222. The van der Waals surface area contributed by atoms with Gasteiger partial charge in [-0.1, -0.05) is 0 Å². The average molecular weight is 265 g/mol. The van der Waals surface area contributed by atoms with Crippen LogP contribution in [-0.4, -0.2) is 26.4 Å². The molecule has 0 N–H and O–H groups in total. The van der Waals surface area contributed by atoms with Gasteiger partial charge in [-0.2, -0.15) is 21.6 Å². The minimum Gasteiger partial charge on any atom is -0.376 e. The maximum Gasteiger partial charge on any atom is 0.534 e. The molecule has 0 rings (SSSR count). The van der Waals surface area contributed by atoms with Gasteiger partial charge in [0.15, 0.2) is 10.7 Å². The highest BCUT2D eigenvalue weighted by atomic mass is 32.2. The molecule has 90 valence electrons. The molecule has 15 heavy (non-hydrogen) atoms. The smallest absolute Gasteiger partial charge is 0.376 e. The highest BCUT2D eigenvalue weighted by Gasteiger charge is 2.48. The largest absolute Gasteiger partial charge is 0.534 e. The standard InChI is InChI=1S/C7H12F3O3S2/c1-5(6(2)14(3)4)13-15(11,12)7(8,9)10/h1-4H3/q+1/b6-5-. The van der Waals surface area contributed by atoms with Crippen LogP contribution in [0.2, 0.25) is 0 Å². The van der Waals surface area contributed by atoms with Crippen molar-refractivity contribution >= 4 is 21.0 Å². The van der Waals surface area contributed by atoms with Gasteiger partial charge in [0.2, 0.25) is 0 Å². The Morgan fingerprint density at radius 1 is 1.20 bits per heavy atom. The van der Waals surface area contributed by atoms with Gasteiger partial charge >= 0.3 is 15.6 Å². The molecule has 0 amide bonds. The predicted octanol–water partition coefficient (Wildman–Crippen LogP) is 1.98. The van der Waals surface area contributed by atoms with Crippen LogP contribution in [0, 0.1) is 0 Å². The van der Waals surface area contributed by atoms with Crippen LogP contribution >= 0.6 is 0 Å². The van der Waals surface area contributed by atoms with Crippen LogP contribution in [0.15, 0.2) is 10.7 Å². The molecule has 0 aliphatic heterocycles. The van der Waals surface area contributed by atoms with E-state index >= 15 is 0 Å². The second kappa shape index (κ2) is 4.65. The third-order valence-corrected chi connectivity index (χ3v) is 4.17. The lowest BCUT2D eigenvalue weighted by atomic mass is 10.5. The zero-order valence-electron chi connectivity index (χ0n) is 8.68. The maximum absolute atomic E-state index is 11.9. The lowest BCUT2D eigenvalue weighted by Gasteiger charge is -2.10. The molecule has 3 nitrogen and oxygen atoms in total. The zero-order valence-corrected chi connectivity index (χ0v) is 10.3. The van der Waals surface area contributed by atoms with Gasteiger partial charge in [-0.25, -0.2) is 0 Å². The Bertz CT molecular complexity index is 354. The van der Waals surface area contributed by atoms with Crippen molar-refractivity contribution in [3.05, 3.63) is 10.7 Å². The Labute approximate surface area is 89.8 Å². The van der Waals surface area contributed by atoms with Gasteiger partial charge in [0.1, 0.15) is 12.5 Å². The quantitative estimate of drug-likeness (QED) is 0.339. The van der Waals surface area contributed by atoms with Crippen molar-refractivity contribution in [2.24, 2.45) is 0 Å². The molecule has 0 aliphatic rings. The topological polar surface area (TPSA) is 43.4 Å². The van der Waals surface area contributed by atoms with Crippen molar-refractivity contribution in [3.8, 4) is 0 Å². The molecule has 0 aromatic heterocycles. The second-order valence-corrected chi connectivity index (χ2v) is 6.70. The molecule has 0 aromatic carbocycles. The summed E-state index contributed by atoms with van der Waals surface area (Å²) in [4.78, 5) is 0.489. The summed E-state index contributed by atoms with van der Waals surface area (Å²) in [5.41, 5.74) is -5.38. The van der Waals surface area contributed by atoms with Crippen molar-refractivity contribution in [2.75, 3.05) is 12.5 Å². The fourth-order valence-corrected chi connectivity index (χ4v) is 1.78. The molecule has 0 fully saturated rings. The lowest BCUT2D eigenvalue weighted by Crippen LogP contribution is -2.25. The van der Waals surface area contributed by atoms with Gasteiger partial charge in [-0.3, -0.25) is 0 Å². The first kappa shape index (κ1) is 14.6. The monoisotopic (exact) mass is 265 g/mol. The fraction of sp³-hybridized carbons (Fsp3) is 0.714. The molecule has 0 heterocycles. The molecular formula is C7H12F3O3S2+. The summed E-state index contributed by atoms with van der Waals surface area (Å²) in [5.74, 6) is -0.222. The molecule has 0 bridgehead atoms. The predicted molar refractivity (Wildman–Crippen MR) is 53.6 cm³/mol. The normalized spacial score (nSPS) is 15.2. The number of hydrogen-bond donors (Lipinski definition) is 0. The summed E-state index contributed by atoms with van der Waals surface area (Å²) >= 11 is 0. The van der Waals surface area contributed by atoms with Crippen molar-refractivity contribution < 1.29 is 25.8 Å². The van der Waals surface area contributed by atoms with E-state index in [1.54, 1.807) is 12.5 Å². The second-order valence-electron chi connectivity index (χ2n) is 2.91.